The maximum absolute atomic E-state index is 3.34. The van der Waals surface area contributed by atoms with Crippen molar-refractivity contribution in [1.29, 1.82) is 0 Å². The van der Waals surface area contributed by atoms with Gasteiger partial charge in [-0.05, 0) is 42.7 Å². The van der Waals surface area contributed by atoms with Gasteiger partial charge in [0.05, 0.1) is 5.00 Å². The molecule has 1 aliphatic rings. The first kappa shape index (κ1) is 10.0. The Balaban J connectivity index is 2.40. The van der Waals surface area contributed by atoms with Crippen molar-refractivity contribution in [3.8, 4) is 0 Å². The van der Waals surface area contributed by atoms with E-state index < -0.39 is 0 Å². The van der Waals surface area contributed by atoms with E-state index in [1.807, 2.05) is 18.4 Å². The highest BCUT2D eigenvalue weighted by Crippen LogP contribution is 2.39. The van der Waals surface area contributed by atoms with E-state index in [9.17, 15) is 0 Å². The summed E-state index contributed by atoms with van der Waals surface area (Å²) < 4.78 is 0. The Kier molecular flexibility index (Phi) is 2.82. The van der Waals surface area contributed by atoms with E-state index in [4.69, 9.17) is 0 Å². The normalized spacial score (nSPS) is 20.6. The first-order chi connectivity index (χ1) is 6.76. The van der Waals surface area contributed by atoms with Gasteiger partial charge in [-0.25, -0.2) is 0 Å². The third-order valence-electron chi connectivity index (χ3n) is 3.20. The second kappa shape index (κ2) is 3.93. The summed E-state index contributed by atoms with van der Waals surface area (Å²) in [5, 5.41) is 4.75. The summed E-state index contributed by atoms with van der Waals surface area (Å²) in [6.45, 7) is 4.63. The highest BCUT2D eigenvalue weighted by atomic mass is 32.1. The molecule has 1 aromatic heterocycles. The Hall–Kier alpha value is -0.500. The molecule has 0 saturated carbocycles. The lowest BCUT2D eigenvalue weighted by Gasteiger charge is -2.18. The smallest absolute Gasteiger partial charge is 0.0918 e. The molecule has 1 nitrogen and oxygen atoms in total. The van der Waals surface area contributed by atoms with Crippen LogP contribution in [0.3, 0.4) is 0 Å². The average Bonchev–Trinajstić information content (AvgIpc) is 2.54. The summed E-state index contributed by atoms with van der Waals surface area (Å²) in [6, 6.07) is 0. The average molecular weight is 209 g/mol. The number of anilines is 1. The van der Waals surface area contributed by atoms with Crippen molar-refractivity contribution in [1.82, 2.24) is 0 Å². The fourth-order valence-electron chi connectivity index (χ4n) is 2.39. The molecule has 0 fully saturated rings. The van der Waals surface area contributed by atoms with Gasteiger partial charge in [0.2, 0.25) is 0 Å². The molecule has 2 rings (SSSR count). The summed E-state index contributed by atoms with van der Waals surface area (Å²) >= 11 is 1.98. The molecule has 0 radical (unpaired) electrons. The molecule has 1 aromatic rings. The van der Waals surface area contributed by atoms with Gasteiger partial charge < -0.3 is 5.32 Å². The van der Waals surface area contributed by atoms with Gasteiger partial charge >= 0.3 is 0 Å². The van der Waals surface area contributed by atoms with Gasteiger partial charge in [-0.2, -0.15) is 0 Å². The van der Waals surface area contributed by atoms with Crippen molar-refractivity contribution < 1.29 is 0 Å². The second-order valence-electron chi connectivity index (χ2n) is 4.26. The molecule has 78 valence electrons. The largest absolute Gasteiger partial charge is 0.380 e. The number of hydrogen-bond acceptors (Lipinski definition) is 2. The molecule has 0 aromatic carbocycles. The quantitative estimate of drug-likeness (QED) is 0.786. The molecule has 0 aliphatic heterocycles. The van der Waals surface area contributed by atoms with E-state index in [0.29, 0.717) is 0 Å². The zero-order valence-electron chi connectivity index (χ0n) is 9.31. The molecule has 0 amide bonds. The molecule has 0 saturated heterocycles. The first-order valence-corrected chi connectivity index (χ1v) is 6.39. The molecule has 2 heteroatoms. The van der Waals surface area contributed by atoms with Gasteiger partial charge in [-0.3, -0.25) is 0 Å². The Morgan fingerprint density at radius 1 is 1.50 bits per heavy atom. The van der Waals surface area contributed by atoms with E-state index in [1.54, 1.807) is 16.0 Å². The van der Waals surface area contributed by atoms with Crippen LogP contribution in [0.4, 0.5) is 5.00 Å². The van der Waals surface area contributed by atoms with Crippen molar-refractivity contribution in [3.63, 3.8) is 0 Å². The minimum absolute atomic E-state index is 0.885. The minimum atomic E-state index is 0.885. The summed E-state index contributed by atoms with van der Waals surface area (Å²) in [7, 11) is 2.04. The fourth-order valence-corrected chi connectivity index (χ4v) is 3.85. The lowest BCUT2D eigenvalue weighted by Crippen LogP contribution is -2.09. The molecule has 1 atom stereocenters. The van der Waals surface area contributed by atoms with Crippen LogP contribution in [-0.2, 0) is 19.3 Å². The number of fused-ring (bicyclic) bond motifs is 1. The van der Waals surface area contributed by atoms with Gasteiger partial charge in [0.1, 0.15) is 0 Å². The third kappa shape index (κ3) is 1.56. The predicted octanol–water partition coefficient (Wildman–Crippen LogP) is 3.48. The molecule has 1 unspecified atom stereocenters. The van der Waals surface area contributed by atoms with E-state index in [1.165, 1.54) is 30.7 Å². The zero-order chi connectivity index (χ0) is 10.1. The van der Waals surface area contributed by atoms with Crippen LogP contribution in [0.25, 0.3) is 0 Å². The van der Waals surface area contributed by atoms with E-state index in [0.717, 1.165) is 5.92 Å². The van der Waals surface area contributed by atoms with Crippen LogP contribution in [-0.4, -0.2) is 7.05 Å². The highest BCUT2D eigenvalue weighted by molar-refractivity contribution is 7.16. The maximum atomic E-state index is 3.34. The third-order valence-corrected chi connectivity index (χ3v) is 4.52. The lowest BCUT2D eigenvalue weighted by atomic mass is 9.88. The van der Waals surface area contributed by atoms with Gasteiger partial charge in [-0.1, -0.05) is 13.8 Å². The molecular weight excluding hydrogens is 190 g/mol. The van der Waals surface area contributed by atoms with Crippen LogP contribution in [0.2, 0.25) is 0 Å². The molecule has 1 N–H and O–H groups in total. The molecule has 0 spiro atoms. The number of nitrogens with one attached hydrogen (secondary N) is 1. The fraction of sp³-hybridized carbons (Fsp3) is 0.667. The van der Waals surface area contributed by atoms with Crippen molar-refractivity contribution in [2.45, 2.75) is 39.5 Å². The Bertz CT molecular complexity index is 327. The van der Waals surface area contributed by atoms with Gasteiger partial charge in [-0.15, -0.1) is 11.3 Å². The summed E-state index contributed by atoms with van der Waals surface area (Å²) in [4.78, 5) is 1.64. The SMILES string of the molecule is CCc1c(NC)sc2c1CCC(C)C2. The molecule has 0 bridgehead atoms. The van der Waals surface area contributed by atoms with Crippen molar-refractivity contribution in [3.05, 3.63) is 16.0 Å². The topological polar surface area (TPSA) is 12.0 Å². The minimum Gasteiger partial charge on any atom is -0.380 e. The van der Waals surface area contributed by atoms with Gasteiger partial charge in [0.25, 0.3) is 0 Å². The molecule has 1 aliphatic carbocycles. The van der Waals surface area contributed by atoms with Crippen molar-refractivity contribution in [2.24, 2.45) is 5.92 Å². The summed E-state index contributed by atoms with van der Waals surface area (Å²) in [5.41, 5.74) is 3.25. The maximum Gasteiger partial charge on any atom is 0.0918 e. The van der Waals surface area contributed by atoms with E-state index in [2.05, 4.69) is 19.2 Å². The first-order valence-electron chi connectivity index (χ1n) is 5.57. The lowest BCUT2D eigenvalue weighted by molar-refractivity contribution is 0.506. The summed E-state index contributed by atoms with van der Waals surface area (Å²) in [5.74, 6) is 0.885. The van der Waals surface area contributed by atoms with Crippen LogP contribution < -0.4 is 5.32 Å². The standard InChI is InChI=1S/C12H19NS/c1-4-9-10-6-5-8(2)7-11(10)14-12(9)13-3/h8,13H,4-7H2,1-3H3. The van der Waals surface area contributed by atoms with Crippen LogP contribution in [0.15, 0.2) is 0 Å². The van der Waals surface area contributed by atoms with Crippen molar-refractivity contribution >= 4 is 16.3 Å². The highest BCUT2D eigenvalue weighted by Gasteiger charge is 2.22. The predicted molar refractivity (Wildman–Crippen MR) is 64.4 cm³/mol. The zero-order valence-corrected chi connectivity index (χ0v) is 10.1. The second-order valence-corrected chi connectivity index (χ2v) is 5.37. The van der Waals surface area contributed by atoms with Crippen molar-refractivity contribution in [2.75, 3.05) is 12.4 Å². The monoisotopic (exact) mass is 209 g/mol. The Morgan fingerprint density at radius 2 is 2.29 bits per heavy atom. The van der Waals surface area contributed by atoms with Crippen LogP contribution >= 0.6 is 11.3 Å². The number of thiophene rings is 1. The van der Waals surface area contributed by atoms with Crippen LogP contribution in [0.5, 0.6) is 0 Å². The van der Waals surface area contributed by atoms with Crippen LogP contribution in [0, 0.1) is 5.92 Å². The van der Waals surface area contributed by atoms with E-state index >= 15 is 0 Å². The summed E-state index contributed by atoms with van der Waals surface area (Å²) in [6.07, 6.45) is 5.16. The van der Waals surface area contributed by atoms with Crippen LogP contribution in [0.1, 0.15) is 36.3 Å². The molecule has 14 heavy (non-hydrogen) atoms. The Morgan fingerprint density at radius 3 is 2.93 bits per heavy atom. The Labute approximate surface area is 90.5 Å². The molecular formula is C12H19NS. The number of rotatable bonds is 2. The molecule has 1 heterocycles. The number of hydrogen-bond donors (Lipinski definition) is 1. The van der Waals surface area contributed by atoms with Gasteiger partial charge in [0.15, 0.2) is 0 Å². The van der Waals surface area contributed by atoms with E-state index in [-0.39, 0.29) is 0 Å². The van der Waals surface area contributed by atoms with Gasteiger partial charge in [0, 0.05) is 11.9 Å².